The lowest BCUT2D eigenvalue weighted by molar-refractivity contribution is 0.0448. The van der Waals surface area contributed by atoms with Gasteiger partial charge in [-0.1, -0.05) is 13.8 Å². The van der Waals surface area contributed by atoms with Crippen molar-refractivity contribution in [1.82, 2.24) is 16.0 Å². The average molecular weight is 410 g/mol. The topological polar surface area (TPSA) is 131 Å². The van der Waals surface area contributed by atoms with Gasteiger partial charge < -0.3 is 30.8 Å². The molecule has 29 heavy (non-hydrogen) atoms. The Hall–Kier alpha value is -2.71. The normalized spacial score (nSPS) is 12.4. The van der Waals surface area contributed by atoms with Crippen LogP contribution in [-0.2, 0) is 11.3 Å². The molecule has 9 nitrogen and oxygen atoms in total. The summed E-state index contributed by atoms with van der Waals surface area (Å²) in [7, 11) is 0. The van der Waals surface area contributed by atoms with E-state index in [1.807, 2.05) is 41.5 Å². The Bertz CT molecular complexity index is 702. The second-order valence-electron chi connectivity index (χ2n) is 7.79. The van der Waals surface area contributed by atoms with Crippen molar-refractivity contribution >= 4 is 18.0 Å². The molecule has 0 aliphatic carbocycles. The predicted octanol–water partition coefficient (Wildman–Crippen LogP) is 2.52. The maximum Gasteiger partial charge on any atom is 0.408 e. The van der Waals surface area contributed by atoms with E-state index < -0.39 is 23.1 Å². The Morgan fingerprint density at radius 1 is 1.14 bits per heavy atom. The van der Waals surface area contributed by atoms with Crippen molar-refractivity contribution < 1.29 is 18.7 Å². The first-order valence-electron chi connectivity index (χ1n) is 9.96. The van der Waals surface area contributed by atoms with E-state index in [0.717, 1.165) is 12.8 Å². The Balaban J connectivity index is 2.80. The Labute approximate surface area is 172 Å². The van der Waals surface area contributed by atoms with Crippen LogP contribution in [0.1, 0.15) is 70.7 Å². The predicted molar refractivity (Wildman–Crippen MR) is 113 cm³/mol. The number of guanidine groups is 1. The first kappa shape index (κ1) is 24.3. The van der Waals surface area contributed by atoms with E-state index in [1.165, 1.54) is 6.07 Å². The second-order valence-corrected chi connectivity index (χ2v) is 7.79. The average Bonchev–Trinajstić information content (AvgIpc) is 3.10. The number of furan rings is 1. The largest absolute Gasteiger partial charge is 0.454 e. The first-order valence-corrected chi connectivity index (χ1v) is 9.96. The summed E-state index contributed by atoms with van der Waals surface area (Å²) in [5, 5.41) is 9.42. The number of hydrogen-bond acceptors (Lipinski definition) is 5. The molecule has 0 saturated carbocycles. The zero-order valence-corrected chi connectivity index (χ0v) is 18.3. The summed E-state index contributed by atoms with van der Waals surface area (Å²) in [5.74, 6) is 0.585. The third-order valence-corrected chi connectivity index (χ3v) is 4.36. The highest BCUT2D eigenvalue weighted by atomic mass is 16.6. The van der Waals surface area contributed by atoms with Crippen LogP contribution >= 0.6 is 0 Å². The summed E-state index contributed by atoms with van der Waals surface area (Å²) in [6.45, 7) is 12.9. The molecule has 0 aliphatic heterocycles. The van der Waals surface area contributed by atoms with Gasteiger partial charge in [0.15, 0.2) is 11.7 Å². The number of carbonyl (C=O) groups excluding carboxylic acids is 2. The van der Waals surface area contributed by atoms with Crippen molar-refractivity contribution in [1.29, 1.82) is 0 Å². The number of nitrogens with one attached hydrogen (secondary N) is 3. The van der Waals surface area contributed by atoms with Crippen LogP contribution in [0.25, 0.3) is 0 Å². The molecule has 0 fully saturated rings. The molecule has 0 radical (unpaired) electrons. The minimum atomic E-state index is -0.617. The minimum absolute atomic E-state index is 0.103. The Morgan fingerprint density at radius 2 is 1.79 bits per heavy atom. The van der Waals surface area contributed by atoms with Crippen LogP contribution in [-0.4, -0.2) is 42.2 Å². The van der Waals surface area contributed by atoms with Gasteiger partial charge in [-0.3, -0.25) is 4.79 Å². The van der Waals surface area contributed by atoms with Crippen LogP contribution in [0.4, 0.5) is 4.79 Å². The van der Waals surface area contributed by atoms with E-state index in [4.69, 9.17) is 14.9 Å². The van der Waals surface area contributed by atoms with E-state index >= 15 is 0 Å². The number of hydrogen-bond donors (Lipinski definition) is 4. The van der Waals surface area contributed by atoms with E-state index in [2.05, 4.69) is 20.9 Å². The zero-order valence-electron chi connectivity index (χ0n) is 18.3. The number of primary amides is 1. The summed E-state index contributed by atoms with van der Waals surface area (Å²) >= 11 is 0. The van der Waals surface area contributed by atoms with Crippen LogP contribution in [0.5, 0.6) is 0 Å². The van der Waals surface area contributed by atoms with Crippen LogP contribution < -0.4 is 21.7 Å². The van der Waals surface area contributed by atoms with Crippen molar-refractivity contribution in [2.24, 2.45) is 10.7 Å². The van der Waals surface area contributed by atoms with Gasteiger partial charge in [-0.25, -0.2) is 9.79 Å². The van der Waals surface area contributed by atoms with Gasteiger partial charge >= 0.3 is 6.09 Å². The highest BCUT2D eigenvalue weighted by molar-refractivity contribution is 5.89. The van der Waals surface area contributed by atoms with Crippen LogP contribution in [0.3, 0.4) is 0 Å². The molecule has 9 heteroatoms. The Morgan fingerprint density at radius 3 is 2.28 bits per heavy atom. The number of rotatable bonds is 9. The van der Waals surface area contributed by atoms with Crippen LogP contribution in [0, 0.1) is 0 Å². The van der Waals surface area contributed by atoms with Crippen molar-refractivity contribution in [3.63, 3.8) is 0 Å². The van der Waals surface area contributed by atoms with Crippen LogP contribution in [0.15, 0.2) is 21.5 Å². The number of carbonyl (C=O) groups is 2. The van der Waals surface area contributed by atoms with Crippen molar-refractivity contribution in [2.45, 2.75) is 72.1 Å². The molecule has 0 atom stereocenters. The van der Waals surface area contributed by atoms with Crippen LogP contribution in [0.2, 0.25) is 0 Å². The molecule has 164 valence electrons. The highest BCUT2D eigenvalue weighted by Gasteiger charge is 2.30. The van der Waals surface area contributed by atoms with Gasteiger partial charge in [0.25, 0.3) is 5.91 Å². The lowest BCUT2D eigenvalue weighted by Gasteiger charge is -2.34. The third-order valence-electron chi connectivity index (χ3n) is 4.36. The summed E-state index contributed by atoms with van der Waals surface area (Å²) in [6, 6.07) is 3.19. The SMILES string of the molecule is CCNC(=NCc1ccc(C(N)=O)o1)NCC(CC)(CC)NC(=O)OC(C)(C)C. The van der Waals surface area contributed by atoms with Gasteiger partial charge in [0.2, 0.25) is 0 Å². The molecule has 2 amide bonds. The molecule has 0 aromatic carbocycles. The van der Waals surface area contributed by atoms with Crippen molar-refractivity contribution in [3.05, 3.63) is 23.7 Å². The molecule has 0 aliphatic rings. The number of amides is 2. The van der Waals surface area contributed by atoms with E-state index in [-0.39, 0.29) is 12.3 Å². The number of ether oxygens (including phenoxy) is 1. The highest BCUT2D eigenvalue weighted by Crippen LogP contribution is 2.16. The zero-order chi connectivity index (χ0) is 22.1. The fraction of sp³-hybridized carbons (Fsp3) is 0.650. The van der Waals surface area contributed by atoms with Gasteiger partial charge in [-0.15, -0.1) is 0 Å². The monoisotopic (exact) mass is 409 g/mol. The molecule has 1 rings (SSSR count). The number of alkyl carbamates (subject to hydrolysis) is 1. The number of nitrogens with zero attached hydrogens (tertiary/aromatic N) is 1. The molecule has 0 unspecified atom stereocenters. The van der Waals surface area contributed by atoms with E-state index in [1.54, 1.807) is 6.07 Å². The summed E-state index contributed by atoms with van der Waals surface area (Å²) in [6.07, 6.45) is 0.990. The Kier molecular flexibility index (Phi) is 9.00. The van der Waals surface area contributed by atoms with Crippen molar-refractivity contribution in [2.75, 3.05) is 13.1 Å². The molecular formula is C20H35N5O4. The van der Waals surface area contributed by atoms with Gasteiger partial charge in [-0.2, -0.15) is 0 Å². The number of nitrogens with two attached hydrogens (primary N) is 1. The smallest absolute Gasteiger partial charge is 0.408 e. The maximum absolute atomic E-state index is 12.3. The van der Waals surface area contributed by atoms with E-state index in [9.17, 15) is 9.59 Å². The molecule has 0 saturated heterocycles. The maximum atomic E-state index is 12.3. The molecule has 1 aromatic heterocycles. The lowest BCUT2D eigenvalue weighted by atomic mass is 9.93. The molecule has 5 N–H and O–H groups in total. The molecule has 1 heterocycles. The summed E-state index contributed by atoms with van der Waals surface area (Å²) in [5.41, 5.74) is 4.15. The van der Waals surface area contributed by atoms with Gasteiger partial charge in [-0.05, 0) is 52.7 Å². The van der Waals surface area contributed by atoms with Crippen molar-refractivity contribution in [3.8, 4) is 0 Å². The minimum Gasteiger partial charge on any atom is -0.454 e. The summed E-state index contributed by atoms with van der Waals surface area (Å²) in [4.78, 5) is 27.9. The number of aliphatic imine (C=N–C) groups is 1. The summed E-state index contributed by atoms with van der Waals surface area (Å²) < 4.78 is 10.8. The lowest BCUT2D eigenvalue weighted by Crippen LogP contribution is -2.57. The standard InChI is InChI=1S/C20H35N5O4/c1-7-20(8-2,25-18(27)29-19(4,5)6)13-24-17(22-9-3)23-12-14-10-11-15(28-14)16(21)26/h10-11H,7-9,12-13H2,1-6H3,(H2,21,26)(H,25,27)(H2,22,23,24). The van der Waals surface area contributed by atoms with Gasteiger partial charge in [0.05, 0.1) is 5.54 Å². The molecule has 0 spiro atoms. The first-order chi connectivity index (χ1) is 13.5. The molecular weight excluding hydrogens is 374 g/mol. The quantitative estimate of drug-likeness (QED) is 0.366. The second kappa shape index (κ2) is 10.7. The molecule has 1 aromatic rings. The molecule has 0 bridgehead atoms. The van der Waals surface area contributed by atoms with Gasteiger partial charge in [0, 0.05) is 13.1 Å². The third kappa shape index (κ3) is 8.45. The fourth-order valence-corrected chi connectivity index (χ4v) is 2.59. The van der Waals surface area contributed by atoms with E-state index in [0.29, 0.717) is 24.8 Å². The van der Waals surface area contributed by atoms with Gasteiger partial charge in [0.1, 0.15) is 17.9 Å². The fourth-order valence-electron chi connectivity index (χ4n) is 2.59.